The van der Waals surface area contributed by atoms with Gasteiger partial charge >= 0.3 is 0 Å². The van der Waals surface area contributed by atoms with Gasteiger partial charge in [-0.05, 0) is 18.3 Å². The van der Waals surface area contributed by atoms with E-state index in [1.165, 1.54) is 6.42 Å². The van der Waals surface area contributed by atoms with Crippen molar-refractivity contribution in [1.29, 1.82) is 0 Å². The summed E-state index contributed by atoms with van der Waals surface area (Å²) in [4.78, 5) is 0. The minimum absolute atomic E-state index is 0.657. The first-order valence-corrected chi connectivity index (χ1v) is 3.44. The number of rotatable bonds is 0. The Morgan fingerprint density at radius 1 is 1.38 bits per heavy atom. The highest BCUT2D eigenvalue weighted by molar-refractivity contribution is 4.98. The monoisotopic (exact) mass is 112 g/mol. The molecule has 0 amide bonds. The second-order valence-electron chi connectivity index (χ2n) is 3.21. The minimum atomic E-state index is 0.657. The quantitative estimate of drug-likeness (QED) is 0.432. The SMILES string of the molecule is CC1CC2OC2C1C. The van der Waals surface area contributed by atoms with E-state index in [2.05, 4.69) is 13.8 Å². The first kappa shape index (κ1) is 4.80. The van der Waals surface area contributed by atoms with Gasteiger partial charge in [0.1, 0.15) is 0 Å². The summed E-state index contributed by atoms with van der Waals surface area (Å²) < 4.78 is 5.34. The molecule has 0 spiro atoms. The Kier molecular flexibility index (Phi) is 0.762. The van der Waals surface area contributed by atoms with Gasteiger partial charge in [-0.2, -0.15) is 0 Å². The van der Waals surface area contributed by atoms with Crippen LogP contribution >= 0.6 is 0 Å². The molecule has 8 heavy (non-hydrogen) atoms. The maximum absolute atomic E-state index is 5.34. The highest BCUT2D eigenvalue weighted by Gasteiger charge is 2.51. The number of fused-ring (bicyclic) bond motifs is 1. The van der Waals surface area contributed by atoms with Crippen LogP contribution < -0.4 is 0 Å². The molecule has 2 fully saturated rings. The smallest absolute Gasteiger partial charge is 0.0870 e. The zero-order chi connectivity index (χ0) is 5.72. The fourth-order valence-electron chi connectivity index (χ4n) is 1.71. The predicted octanol–water partition coefficient (Wildman–Crippen LogP) is 1.43. The zero-order valence-electron chi connectivity index (χ0n) is 5.42. The summed E-state index contributed by atoms with van der Waals surface area (Å²) in [7, 11) is 0. The van der Waals surface area contributed by atoms with Gasteiger partial charge in [-0.1, -0.05) is 13.8 Å². The maximum atomic E-state index is 5.34. The van der Waals surface area contributed by atoms with Gasteiger partial charge < -0.3 is 4.74 Å². The van der Waals surface area contributed by atoms with Gasteiger partial charge in [-0.15, -0.1) is 0 Å². The molecule has 1 saturated carbocycles. The van der Waals surface area contributed by atoms with E-state index in [9.17, 15) is 0 Å². The molecular weight excluding hydrogens is 100 g/mol. The van der Waals surface area contributed by atoms with Crippen LogP contribution in [-0.2, 0) is 4.74 Å². The van der Waals surface area contributed by atoms with E-state index in [1.54, 1.807) is 0 Å². The van der Waals surface area contributed by atoms with Crippen LogP contribution in [-0.4, -0.2) is 12.2 Å². The van der Waals surface area contributed by atoms with Gasteiger partial charge in [0.2, 0.25) is 0 Å². The lowest BCUT2D eigenvalue weighted by molar-refractivity contribution is 0.225. The van der Waals surface area contributed by atoms with Crippen molar-refractivity contribution in [3.8, 4) is 0 Å². The molecule has 1 aliphatic heterocycles. The van der Waals surface area contributed by atoms with Gasteiger partial charge in [0.15, 0.2) is 0 Å². The van der Waals surface area contributed by atoms with Crippen molar-refractivity contribution in [3.63, 3.8) is 0 Å². The molecule has 0 N–H and O–H groups in total. The summed E-state index contributed by atoms with van der Waals surface area (Å²) in [6.07, 6.45) is 2.64. The topological polar surface area (TPSA) is 12.5 Å². The predicted molar refractivity (Wildman–Crippen MR) is 31.6 cm³/mol. The molecule has 0 bridgehead atoms. The second kappa shape index (κ2) is 1.27. The van der Waals surface area contributed by atoms with E-state index < -0.39 is 0 Å². The molecule has 1 nitrogen and oxygen atoms in total. The van der Waals surface area contributed by atoms with E-state index in [0.717, 1.165) is 11.8 Å². The first-order valence-electron chi connectivity index (χ1n) is 3.44. The summed E-state index contributed by atoms with van der Waals surface area (Å²) in [5, 5.41) is 0. The summed E-state index contributed by atoms with van der Waals surface area (Å²) in [6.45, 7) is 4.61. The Morgan fingerprint density at radius 2 is 2.12 bits per heavy atom. The van der Waals surface area contributed by atoms with Crippen LogP contribution in [0.15, 0.2) is 0 Å². The molecule has 0 radical (unpaired) electrons. The van der Waals surface area contributed by atoms with Crippen molar-refractivity contribution in [3.05, 3.63) is 0 Å². The van der Waals surface area contributed by atoms with E-state index >= 15 is 0 Å². The highest BCUT2D eigenvalue weighted by atomic mass is 16.6. The Balaban J connectivity index is 2.08. The molecule has 1 heteroatoms. The van der Waals surface area contributed by atoms with Crippen LogP contribution in [0.3, 0.4) is 0 Å². The van der Waals surface area contributed by atoms with Crippen molar-refractivity contribution in [2.75, 3.05) is 0 Å². The van der Waals surface area contributed by atoms with Gasteiger partial charge in [0.05, 0.1) is 12.2 Å². The van der Waals surface area contributed by atoms with Gasteiger partial charge in [0.25, 0.3) is 0 Å². The number of ether oxygens (including phenoxy) is 1. The maximum Gasteiger partial charge on any atom is 0.0870 e. The average Bonchev–Trinajstić information content (AvgIpc) is 2.39. The molecule has 0 aromatic heterocycles. The molecule has 1 saturated heterocycles. The van der Waals surface area contributed by atoms with Crippen LogP contribution in [0.4, 0.5) is 0 Å². The summed E-state index contributed by atoms with van der Waals surface area (Å²) in [5.74, 6) is 1.75. The van der Waals surface area contributed by atoms with Crippen LogP contribution in [0.1, 0.15) is 20.3 Å². The van der Waals surface area contributed by atoms with E-state index in [4.69, 9.17) is 4.74 Å². The van der Waals surface area contributed by atoms with E-state index in [0.29, 0.717) is 12.2 Å². The third-order valence-electron chi connectivity index (χ3n) is 2.64. The van der Waals surface area contributed by atoms with E-state index in [-0.39, 0.29) is 0 Å². The van der Waals surface area contributed by atoms with Crippen molar-refractivity contribution in [2.24, 2.45) is 11.8 Å². The highest BCUT2D eigenvalue weighted by Crippen LogP contribution is 2.45. The van der Waals surface area contributed by atoms with Crippen molar-refractivity contribution < 1.29 is 4.74 Å². The summed E-state index contributed by atoms with van der Waals surface area (Å²) in [6, 6.07) is 0. The van der Waals surface area contributed by atoms with Crippen LogP contribution in [0.5, 0.6) is 0 Å². The normalized spacial score (nSPS) is 60.8. The van der Waals surface area contributed by atoms with Crippen LogP contribution in [0.25, 0.3) is 0 Å². The summed E-state index contributed by atoms with van der Waals surface area (Å²) >= 11 is 0. The van der Waals surface area contributed by atoms with Crippen molar-refractivity contribution >= 4 is 0 Å². The lowest BCUT2D eigenvalue weighted by atomic mass is 10.00. The molecule has 1 aliphatic carbocycles. The molecule has 4 atom stereocenters. The van der Waals surface area contributed by atoms with Crippen molar-refractivity contribution in [1.82, 2.24) is 0 Å². The Bertz CT molecular complexity index is 109. The van der Waals surface area contributed by atoms with Crippen LogP contribution in [0.2, 0.25) is 0 Å². The van der Waals surface area contributed by atoms with Crippen LogP contribution in [0, 0.1) is 11.8 Å². The third-order valence-corrected chi connectivity index (χ3v) is 2.64. The second-order valence-corrected chi connectivity index (χ2v) is 3.21. The Labute approximate surface area is 50.0 Å². The molecular formula is C7H12O. The fourth-order valence-corrected chi connectivity index (χ4v) is 1.71. The number of hydrogen-bond acceptors (Lipinski definition) is 1. The fraction of sp³-hybridized carbons (Fsp3) is 1.00. The van der Waals surface area contributed by atoms with E-state index in [1.807, 2.05) is 0 Å². The molecule has 4 unspecified atom stereocenters. The molecule has 2 aliphatic rings. The Morgan fingerprint density at radius 3 is 2.38 bits per heavy atom. The van der Waals surface area contributed by atoms with Gasteiger partial charge in [-0.3, -0.25) is 0 Å². The summed E-state index contributed by atoms with van der Waals surface area (Å²) in [5.41, 5.74) is 0. The molecule has 1 heterocycles. The van der Waals surface area contributed by atoms with Crippen molar-refractivity contribution in [2.45, 2.75) is 32.5 Å². The van der Waals surface area contributed by atoms with Gasteiger partial charge in [0, 0.05) is 0 Å². The third kappa shape index (κ3) is 0.455. The zero-order valence-corrected chi connectivity index (χ0v) is 5.42. The molecule has 0 aromatic rings. The molecule has 46 valence electrons. The number of hydrogen-bond donors (Lipinski definition) is 0. The lowest BCUT2D eigenvalue weighted by Gasteiger charge is -2.09. The first-order chi connectivity index (χ1) is 3.79. The minimum Gasteiger partial charge on any atom is -0.369 e. The van der Waals surface area contributed by atoms with Gasteiger partial charge in [-0.25, -0.2) is 0 Å². The lowest BCUT2D eigenvalue weighted by Crippen LogP contribution is -2.06. The molecule has 2 rings (SSSR count). The standard InChI is InChI=1S/C7H12O/c1-4-3-6-7(8-6)5(4)2/h4-7H,3H2,1-2H3. The Hall–Kier alpha value is -0.0400. The average molecular weight is 112 g/mol. The molecule has 0 aromatic carbocycles. The largest absolute Gasteiger partial charge is 0.369 e. The number of epoxide rings is 1.